The van der Waals surface area contributed by atoms with E-state index < -0.39 is 0 Å². The van der Waals surface area contributed by atoms with Gasteiger partial charge in [0.15, 0.2) is 0 Å². The smallest absolute Gasteiger partial charge is 0.134 e. The van der Waals surface area contributed by atoms with E-state index in [-0.39, 0.29) is 5.82 Å². The van der Waals surface area contributed by atoms with Gasteiger partial charge in [-0.15, -0.1) is 11.3 Å². The van der Waals surface area contributed by atoms with Crippen LogP contribution in [0.1, 0.15) is 10.8 Å². The number of hydrogen-bond acceptors (Lipinski definition) is 4. The lowest BCUT2D eigenvalue weighted by atomic mass is 10.2. The second kappa shape index (κ2) is 7.93. The van der Waals surface area contributed by atoms with Crippen LogP contribution in [0.4, 0.5) is 4.39 Å². The Morgan fingerprint density at radius 1 is 1.04 bits per heavy atom. The minimum atomic E-state index is -0.295. The SMILES string of the molecule is N#CC(=Cc1ccc(-c2ccc(Br)cc2)o1)c1nc(-c2ccc(F)cc2)cs1. The predicted molar refractivity (Wildman–Crippen MR) is 113 cm³/mol. The number of benzene rings is 2. The highest BCUT2D eigenvalue weighted by molar-refractivity contribution is 9.10. The summed E-state index contributed by atoms with van der Waals surface area (Å²) in [6.45, 7) is 0. The number of nitriles is 1. The number of aromatic nitrogens is 1. The summed E-state index contributed by atoms with van der Waals surface area (Å²) >= 11 is 4.78. The summed E-state index contributed by atoms with van der Waals surface area (Å²) < 4.78 is 20.0. The van der Waals surface area contributed by atoms with E-state index in [9.17, 15) is 9.65 Å². The summed E-state index contributed by atoms with van der Waals surface area (Å²) in [4.78, 5) is 4.51. The number of thiazole rings is 1. The summed E-state index contributed by atoms with van der Waals surface area (Å²) in [5.41, 5.74) is 2.87. The van der Waals surface area contributed by atoms with Gasteiger partial charge in [0.05, 0.1) is 11.3 Å². The maximum Gasteiger partial charge on any atom is 0.134 e. The molecule has 0 N–H and O–H groups in total. The van der Waals surface area contributed by atoms with Crippen molar-refractivity contribution in [2.45, 2.75) is 0 Å². The van der Waals surface area contributed by atoms with Gasteiger partial charge in [0.2, 0.25) is 0 Å². The first-order chi connectivity index (χ1) is 13.6. The molecule has 0 atom stereocenters. The third-order valence-corrected chi connectivity index (χ3v) is 5.44. The maximum atomic E-state index is 13.1. The fraction of sp³-hybridized carbons (Fsp3) is 0. The molecule has 0 radical (unpaired) electrons. The molecule has 0 aliphatic heterocycles. The van der Waals surface area contributed by atoms with Crippen molar-refractivity contribution in [3.05, 3.63) is 87.1 Å². The van der Waals surface area contributed by atoms with E-state index in [4.69, 9.17) is 4.42 Å². The van der Waals surface area contributed by atoms with E-state index in [1.807, 2.05) is 41.8 Å². The Balaban J connectivity index is 1.61. The Bertz CT molecular complexity index is 1180. The number of nitrogens with zero attached hydrogens (tertiary/aromatic N) is 2. The second-order valence-corrected chi connectivity index (χ2v) is 7.70. The normalized spacial score (nSPS) is 11.4. The molecule has 0 saturated heterocycles. The number of furan rings is 1. The molecule has 4 rings (SSSR count). The molecule has 2 aromatic carbocycles. The molecule has 2 aromatic heterocycles. The van der Waals surface area contributed by atoms with Crippen molar-refractivity contribution in [3.63, 3.8) is 0 Å². The summed E-state index contributed by atoms with van der Waals surface area (Å²) in [6, 6.07) is 19.8. The predicted octanol–water partition coefficient (Wildman–Crippen LogP) is 7.04. The van der Waals surface area contributed by atoms with Gasteiger partial charge in [0.1, 0.15) is 28.4 Å². The average Bonchev–Trinajstić information content (AvgIpc) is 3.37. The second-order valence-electron chi connectivity index (χ2n) is 5.92. The van der Waals surface area contributed by atoms with Gasteiger partial charge in [-0.3, -0.25) is 0 Å². The van der Waals surface area contributed by atoms with Crippen molar-refractivity contribution in [1.29, 1.82) is 5.26 Å². The molecule has 6 heteroatoms. The molecule has 28 heavy (non-hydrogen) atoms. The van der Waals surface area contributed by atoms with E-state index in [0.717, 1.165) is 21.4 Å². The highest BCUT2D eigenvalue weighted by atomic mass is 79.9. The first-order valence-corrected chi connectivity index (χ1v) is 9.99. The molecule has 0 unspecified atom stereocenters. The van der Waals surface area contributed by atoms with Crippen LogP contribution in [0, 0.1) is 17.1 Å². The van der Waals surface area contributed by atoms with Gasteiger partial charge in [0.25, 0.3) is 0 Å². The highest BCUT2D eigenvalue weighted by Gasteiger charge is 2.11. The Kier molecular flexibility index (Phi) is 5.20. The minimum Gasteiger partial charge on any atom is -0.457 e. The van der Waals surface area contributed by atoms with Gasteiger partial charge >= 0.3 is 0 Å². The largest absolute Gasteiger partial charge is 0.457 e. The van der Waals surface area contributed by atoms with Gasteiger partial charge in [-0.1, -0.05) is 28.1 Å². The Morgan fingerprint density at radius 3 is 2.46 bits per heavy atom. The third-order valence-electron chi connectivity index (χ3n) is 4.04. The summed E-state index contributed by atoms with van der Waals surface area (Å²) in [5, 5.41) is 12.0. The topological polar surface area (TPSA) is 49.8 Å². The van der Waals surface area contributed by atoms with Crippen LogP contribution in [0.5, 0.6) is 0 Å². The molecule has 0 fully saturated rings. The molecule has 0 amide bonds. The number of allylic oxidation sites excluding steroid dienone is 1. The van der Waals surface area contributed by atoms with Gasteiger partial charge in [0, 0.05) is 27.1 Å². The van der Waals surface area contributed by atoms with Crippen molar-refractivity contribution in [1.82, 2.24) is 4.98 Å². The van der Waals surface area contributed by atoms with Crippen molar-refractivity contribution in [3.8, 4) is 28.7 Å². The zero-order valence-corrected chi connectivity index (χ0v) is 16.8. The first-order valence-electron chi connectivity index (χ1n) is 8.32. The Hall–Kier alpha value is -3.01. The average molecular weight is 451 g/mol. The Labute approximate surface area is 173 Å². The molecular weight excluding hydrogens is 439 g/mol. The fourth-order valence-electron chi connectivity index (χ4n) is 2.63. The lowest BCUT2D eigenvalue weighted by molar-refractivity contribution is 0.572. The third kappa shape index (κ3) is 3.96. The lowest BCUT2D eigenvalue weighted by Gasteiger charge is -1.97. The summed E-state index contributed by atoms with van der Waals surface area (Å²) in [7, 11) is 0. The van der Waals surface area contributed by atoms with Crippen LogP contribution < -0.4 is 0 Å². The molecule has 0 aliphatic rings. The number of hydrogen-bond donors (Lipinski definition) is 0. The monoisotopic (exact) mass is 450 g/mol. The van der Waals surface area contributed by atoms with Crippen LogP contribution >= 0.6 is 27.3 Å². The van der Waals surface area contributed by atoms with Gasteiger partial charge < -0.3 is 4.42 Å². The van der Waals surface area contributed by atoms with E-state index >= 15 is 0 Å². The van der Waals surface area contributed by atoms with E-state index in [1.165, 1.54) is 23.5 Å². The molecule has 0 aliphatic carbocycles. The highest BCUT2D eigenvalue weighted by Crippen LogP contribution is 2.29. The van der Waals surface area contributed by atoms with Crippen LogP contribution in [-0.4, -0.2) is 4.98 Å². The van der Waals surface area contributed by atoms with Crippen LogP contribution in [0.15, 0.2) is 74.9 Å². The van der Waals surface area contributed by atoms with E-state index in [2.05, 4.69) is 27.0 Å². The molecule has 0 bridgehead atoms. The molecule has 2 heterocycles. The van der Waals surface area contributed by atoms with Gasteiger partial charge in [-0.25, -0.2) is 9.37 Å². The van der Waals surface area contributed by atoms with Crippen molar-refractivity contribution in [2.24, 2.45) is 0 Å². The zero-order chi connectivity index (χ0) is 19.5. The molecule has 0 saturated carbocycles. The maximum absolute atomic E-state index is 13.1. The number of halogens is 2. The fourth-order valence-corrected chi connectivity index (χ4v) is 3.69. The zero-order valence-electron chi connectivity index (χ0n) is 14.4. The Morgan fingerprint density at radius 2 is 1.75 bits per heavy atom. The van der Waals surface area contributed by atoms with Crippen molar-refractivity contribution >= 4 is 38.9 Å². The van der Waals surface area contributed by atoms with E-state index in [0.29, 0.717) is 22.0 Å². The first kappa shape index (κ1) is 18.4. The van der Waals surface area contributed by atoms with Crippen LogP contribution in [0.2, 0.25) is 0 Å². The molecule has 4 aromatic rings. The molecule has 0 spiro atoms. The van der Waals surface area contributed by atoms with Crippen molar-refractivity contribution in [2.75, 3.05) is 0 Å². The van der Waals surface area contributed by atoms with Gasteiger partial charge in [-0.05, 0) is 48.5 Å². The van der Waals surface area contributed by atoms with Gasteiger partial charge in [-0.2, -0.15) is 5.26 Å². The molecule has 3 nitrogen and oxygen atoms in total. The summed E-state index contributed by atoms with van der Waals surface area (Å²) in [5.74, 6) is 1.01. The quantitative estimate of drug-likeness (QED) is 0.313. The standard InChI is InChI=1S/C22H12BrFN2OS/c23-17-5-1-15(2-6-17)21-10-9-19(27-21)11-16(12-25)22-26-20(13-28-22)14-3-7-18(24)8-4-14/h1-11,13H. The molecular formula is C22H12BrFN2OS. The van der Waals surface area contributed by atoms with E-state index in [1.54, 1.807) is 18.2 Å². The number of rotatable bonds is 4. The molecule has 136 valence electrons. The van der Waals surface area contributed by atoms with Crippen molar-refractivity contribution < 1.29 is 8.81 Å². The minimum absolute atomic E-state index is 0.295. The van der Waals surface area contributed by atoms with Crippen LogP contribution in [0.25, 0.3) is 34.2 Å². The van der Waals surface area contributed by atoms with Crippen LogP contribution in [0.3, 0.4) is 0 Å². The summed E-state index contributed by atoms with van der Waals surface area (Å²) in [6.07, 6.45) is 1.68. The van der Waals surface area contributed by atoms with Crippen LogP contribution in [-0.2, 0) is 0 Å². The lowest BCUT2D eigenvalue weighted by Crippen LogP contribution is -1.83.